The second-order valence-corrected chi connectivity index (χ2v) is 4.39. The lowest BCUT2D eigenvalue weighted by Gasteiger charge is -2.07. The van der Waals surface area contributed by atoms with Crippen molar-refractivity contribution in [2.24, 2.45) is 0 Å². The second kappa shape index (κ2) is 6.17. The highest BCUT2D eigenvalue weighted by atomic mass is 16.3. The van der Waals surface area contributed by atoms with E-state index in [2.05, 4.69) is 20.5 Å². The van der Waals surface area contributed by atoms with Gasteiger partial charge in [-0.1, -0.05) is 13.8 Å². The highest BCUT2D eigenvalue weighted by molar-refractivity contribution is 6.03. The van der Waals surface area contributed by atoms with E-state index >= 15 is 0 Å². The van der Waals surface area contributed by atoms with Gasteiger partial charge in [-0.3, -0.25) is 10.1 Å². The molecule has 2 rings (SSSR count). The number of rotatable bonds is 4. The van der Waals surface area contributed by atoms with Gasteiger partial charge in [-0.15, -0.1) is 10.2 Å². The summed E-state index contributed by atoms with van der Waals surface area (Å²) in [4.78, 5) is 16.3. The molecule has 0 aliphatic rings. The van der Waals surface area contributed by atoms with Crippen molar-refractivity contribution < 1.29 is 15.0 Å². The fourth-order valence-corrected chi connectivity index (χ4v) is 1.83. The van der Waals surface area contributed by atoms with E-state index in [1.54, 1.807) is 0 Å². The van der Waals surface area contributed by atoms with Crippen molar-refractivity contribution in [2.75, 3.05) is 5.32 Å². The Hall–Kier alpha value is -2.70. The number of anilines is 1. The lowest BCUT2D eigenvalue weighted by atomic mass is 10.2. The van der Waals surface area contributed by atoms with E-state index in [4.69, 9.17) is 0 Å². The summed E-state index contributed by atoms with van der Waals surface area (Å²) in [6, 6.07) is 3.79. The number of aryl methyl sites for hydroxylation is 2. The van der Waals surface area contributed by atoms with Gasteiger partial charge in [0.25, 0.3) is 5.91 Å². The lowest BCUT2D eigenvalue weighted by Crippen LogP contribution is -2.16. The van der Waals surface area contributed by atoms with Gasteiger partial charge in [0.15, 0.2) is 11.5 Å². The quantitative estimate of drug-likeness (QED) is 0.738. The Kier molecular flexibility index (Phi) is 4.32. The Morgan fingerprint density at radius 1 is 1.10 bits per heavy atom. The second-order valence-electron chi connectivity index (χ2n) is 4.39. The monoisotopic (exact) mass is 288 g/mol. The van der Waals surface area contributed by atoms with Gasteiger partial charge in [-0.05, 0) is 31.0 Å². The molecule has 110 valence electrons. The van der Waals surface area contributed by atoms with Gasteiger partial charge < -0.3 is 10.2 Å². The molecule has 0 atom stereocenters. The third kappa shape index (κ3) is 3.25. The number of carbonyl (C=O) groups is 1. The number of nitrogens with zero attached hydrogens (tertiary/aromatic N) is 3. The van der Waals surface area contributed by atoms with Gasteiger partial charge in [0.2, 0.25) is 5.95 Å². The number of nitrogens with one attached hydrogen (secondary N) is 1. The molecule has 0 saturated carbocycles. The number of hydrogen-bond acceptors (Lipinski definition) is 6. The molecule has 0 fully saturated rings. The van der Waals surface area contributed by atoms with Crippen LogP contribution < -0.4 is 5.32 Å². The standard InChI is InChI=1S/C14H16N4O3/c1-3-9-10(4-2)17-18-14(15-9)16-13(21)8-5-6-11(19)12(20)7-8/h5-7,19-20H,3-4H2,1-2H3,(H,15,16,18,21). The molecule has 0 aliphatic carbocycles. The Morgan fingerprint density at radius 2 is 1.81 bits per heavy atom. The van der Waals surface area contributed by atoms with E-state index in [1.807, 2.05) is 13.8 Å². The Bertz CT molecular complexity index is 673. The summed E-state index contributed by atoms with van der Waals surface area (Å²) < 4.78 is 0. The summed E-state index contributed by atoms with van der Waals surface area (Å²) in [6.45, 7) is 3.91. The number of phenolic OH excluding ortho intramolecular Hbond substituents is 2. The molecule has 0 aliphatic heterocycles. The van der Waals surface area contributed by atoms with Crippen molar-refractivity contribution in [3.8, 4) is 11.5 Å². The average molecular weight is 288 g/mol. The van der Waals surface area contributed by atoms with Crippen molar-refractivity contribution in [3.63, 3.8) is 0 Å². The van der Waals surface area contributed by atoms with E-state index in [9.17, 15) is 15.0 Å². The van der Waals surface area contributed by atoms with Crippen LogP contribution in [0.25, 0.3) is 0 Å². The van der Waals surface area contributed by atoms with Crippen LogP contribution in [0.3, 0.4) is 0 Å². The SMILES string of the molecule is CCc1nnc(NC(=O)c2ccc(O)c(O)c2)nc1CC. The van der Waals surface area contributed by atoms with Crippen LogP contribution in [0.5, 0.6) is 11.5 Å². The molecule has 1 amide bonds. The maximum Gasteiger partial charge on any atom is 0.258 e. The number of carbonyl (C=O) groups excluding carboxylic acids is 1. The van der Waals surface area contributed by atoms with Crippen molar-refractivity contribution in [3.05, 3.63) is 35.2 Å². The molecule has 0 bridgehead atoms. The van der Waals surface area contributed by atoms with Crippen LogP contribution in [-0.4, -0.2) is 31.3 Å². The number of amides is 1. The molecule has 2 aromatic rings. The zero-order chi connectivity index (χ0) is 15.4. The molecule has 21 heavy (non-hydrogen) atoms. The van der Waals surface area contributed by atoms with Gasteiger partial charge in [0.05, 0.1) is 11.4 Å². The Labute approximate surface area is 121 Å². The topological polar surface area (TPSA) is 108 Å². The number of aromatic nitrogens is 3. The molecule has 1 aromatic heterocycles. The normalized spacial score (nSPS) is 10.4. The summed E-state index contributed by atoms with van der Waals surface area (Å²) in [5.74, 6) is -1.03. The van der Waals surface area contributed by atoms with Gasteiger partial charge in [-0.25, -0.2) is 4.98 Å². The van der Waals surface area contributed by atoms with Crippen LogP contribution in [0, 0.1) is 0 Å². The van der Waals surface area contributed by atoms with Crippen molar-refractivity contribution in [1.29, 1.82) is 0 Å². The minimum absolute atomic E-state index is 0.113. The molecule has 1 aromatic carbocycles. The first-order valence-electron chi connectivity index (χ1n) is 6.61. The Balaban J connectivity index is 2.21. The van der Waals surface area contributed by atoms with E-state index in [0.717, 1.165) is 17.8 Å². The smallest absolute Gasteiger partial charge is 0.258 e. The first kappa shape index (κ1) is 14.7. The maximum absolute atomic E-state index is 12.0. The number of hydrogen-bond donors (Lipinski definition) is 3. The van der Waals surface area contributed by atoms with Gasteiger partial charge in [0.1, 0.15) is 0 Å². The van der Waals surface area contributed by atoms with E-state index in [1.165, 1.54) is 18.2 Å². The number of aromatic hydroxyl groups is 2. The van der Waals surface area contributed by atoms with Crippen LogP contribution in [0.1, 0.15) is 35.6 Å². The molecule has 0 saturated heterocycles. The van der Waals surface area contributed by atoms with Crippen LogP contribution in [0.4, 0.5) is 5.95 Å². The molecule has 7 heteroatoms. The van der Waals surface area contributed by atoms with Gasteiger partial charge in [-0.2, -0.15) is 0 Å². The molecule has 0 radical (unpaired) electrons. The predicted octanol–water partition coefficient (Wildman–Crippen LogP) is 1.66. The Morgan fingerprint density at radius 3 is 2.43 bits per heavy atom. The molecule has 7 nitrogen and oxygen atoms in total. The van der Waals surface area contributed by atoms with Crippen LogP contribution in [-0.2, 0) is 12.8 Å². The molecular weight excluding hydrogens is 272 g/mol. The number of benzene rings is 1. The maximum atomic E-state index is 12.0. The average Bonchev–Trinajstić information content (AvgIpc) is 2.49. The molecule has 0 spiro atoms. The van der Waals surface area contributed by atoms with Crippen LogP contribution in [0.15, 0.2) is 18.2 Å². The highest BCUT2D eigenvalue weighted by Crippen LogP contribution is 2.25. The lowest BCUT2D eigenvalue weighted by molar-refractivity contribution is 0.102. The summed E-state index contributed by atoms with van der Waals surface area (Å²) in [5.41, 5.74) is 1.78. The number of phenols is 2. The molecule has 0 unspecified atom stereocenters. The molecule has 3 N–H and O–H groups in total. The first-order chi connectivity index (χ1) is 10.0. The highest BCUT2D eigenvalue weighted by Gasteiger charge is 2.12. The fraction of sp³-hybridized carbons (Fsp3) is 0.286. The summed E-state index contributed by atoms with van der Waals surface area (Å²) in [6.07, 6.45) is 1.42. The third-order valence-electron chi connectivity index (χ3n) is 2.97. The van der Waals surface area contributed by atoms with Gasteiger partial charge >= 0.3 is 0 Å². The minimum Gasteiger partial charge on any atom is -0.504 e. The largest absolute Gasteiger partial charge is 0.504 e. The van der Waals surface area contributed by atoms with Crippen LogP contribution >= 0.6 is 0 Å². The third-order valence-corrected chi connectivity index (χ3v) is 2.97. The van der Waals surface area contributed by atoms with E-state index < -0.39 is 5.91 Å². The van der Waals surface area contributed by atoms with Crippen molar-refractivity contribution in [2.45, 2.75) is 26.7 Å². The van der Waals surface area contributed by atoms with Crippen molar-refractivity contribution in [1.82, 2.24) is 15.2 Å². The summed E-state index contributed by atoms with van der Waals surface area (Å²) >= 11 is 0. The molecule has 1 heterocycles. The van der Waals surface area contributed by atoms with Crippen LogP contribution in [0.2, 0.25) is 0 Å². The zero-order valence-electron chi connectivity index (χ0n) is 11.8. The van der Waals surface area contributed by atoms with Gasteiger partial charge in [0, 0.05) is 5.56 Å². The van der Waals surface area contributed by atoms with Crippen molar-refractivity contribution >= 4 is 11.9 Å². The summed E-state index contributed by atoms with van der Waals surface area (Å²) in [5, 5.41) is 29.0. The first-order valence-corrected chi connectivity index (χ1v) is 6.61. The zero-order valence-corrected chi connectivity index (χ0v) is 11.8. The molecular formula is C14H16N4O3. The minimum atomic E-state index is -0.488. The van der Waals surface area contributed by atoms with E-state index in [-0.39, 0.29) is 23.0 Å². The fourth-order valence-electron chi connectivity index (χ4n) is 1.83. The van der Waals surface area contributed by atoms with E-state index in [0.29, 0.717) is 6.42 Å². The summed E-state index contributed by atoms with van der Waals surface area (Å²) in [7, 11) is 0. The predicted molar refractivity (Wildman–Crippen MR) is 76.3 cm³/mol.